The predicted molar refractivity (Wildman–Crippen MR) is 148 cm³/mol. The summed E-state index contributed by atoms with van der Waals surface area (Å²) in [6.07, 6.45) is 1.91. The van der Waals surface area contributed by atoms with Crippen LogP contribution in [0.25, 0.3) is 6.08 Å². The molecule has 0 aromatic heterocycles. The number of carbonyl (C=O) groups excluding carboxylic acids is 1. The Bertz CT molecular complexity index is 1390. The van der Waals surface area contributed by atoms with Crippen LogP contribution in [0.5, 0.6) is 5.75 Å². The number of nitrogens with zero attached hydrogens (tertiary/aromatic N) is 2. The van der Waals surface area contributed by atoms with Crippen LogP contribution in [-0.2, 0) is 11.4 Å². The molecule has 4 aromatic carbocycles. The van der Waals surface area contributed by atoms with Gasteiger partial charge >= 0.3 is 0 Å². The average molecular weight is 491 g/mol. The minimum atomic E-state index is -0.163. The average Bonchev–Trinajstić information content (AvgIpc) is 3.23. The summed E-state index contributed by atoms with van der Waals surface area (Å²) in [4.78, 5) is 21.0. The zero-order valence-corrected chi connectivity index (χ0v) is 20.8. The fourth-order valence-electron chi connectivity index (χ4n) is 4.01. The van der Waals surface area contributed by atoms with E-state index in [2.05, 4.69) is 0 Å². The van der Waals surface area contributed by atoms with E-state index in [1.807, 2.05) is 128 Å². The van der Waals surface area contributed by atoms with Gasteiger partial charge in [-0.15, -0.1) is 0 Å². The molecule has 0 unspecified atom stereocenters. The van der Waals surface area contributed by atoms with Gasteiger partial charge in [-0.25, -0.2) is 4.99 Å². The smallest absolute Gasteiger partial charge is 0.267 e. The molecule has 1 aliphatic rings. The molecule has 0 N–H and O–H groups in total. The van der Waals surface area contributed by atoms with Crippen LogP contribution in [0.2, 0.25) is 0 Å². The minimum absolute atomic E-state index is 0.0658. The molecule has 178 valence electrons. The maximum atomic E-state index is 13.7. The maximum Gasteiger partial charge on any atom is 0.267 e. The fraction of sp³-hybridized carbons (Fsp3) is 0.0968. The van der Waals surface area contributed by atoms with Crippen molar-refractivity contribution in [1.82, 2.24) is 4.90 Å². The molecule has 1 amide bonds. The molecule has 1 saturated heterocycles. The molecule has 0 radical (unpaired) electrons. The van der Waals surface area contributed by atoms with Gasteiger partial charge in [0.1, 0.15) is 12.4 Å². The van der Waals surface area contributed by atoms with Crippen LogP contribution in [0, 0.1) is 0 Å². The molecule has 4 nitrogen and oxygen atoms in total. The van der Waals surface area contributed by atoms with E-state index in [0.717, 1.165) is 28.1 Å². The Labute approximate surface area is 216 Å². The van der Waals surface area contributed by atoms with E-state index >= 15 is 0 Å². The first-order chi connectivity index (χ1) is 17.7. The summed E-state index contributed by atoms with van der Waals surface area (Å²) in [7, 11) is 0. The molecule has 0 bridgehead atoms. The molecule has 5 rings (SSSR count). The highest BCUT2D eigenvalue weighted by Gasteiger charge is 2.37. The normalized spacial score (nSPS) is 16.5. The van der Waals surface area contributed by atoms with Crippen LogP contribution in [0.15, 0.2) is 125 Å². The van der Waals surface area contributed by atoms with Gasteiger partial charge in [0.25, 0.3) is 5.91 Å². The SMILES string of the molecule is C[C@@H](c1ccccc1)N1C(=O)/C(=C\c2ccccc2OCc2ccccc2)SC1=Nc1ccccc1. The first-order valence-corrected chi connectivity index (χ1v) is 12.7. The lowest BCUT2D eigenvalue weighted by molar-refractivity contribution is -0.123. The van der Waals surface area contributed by atoms with Gasteiger partial charge in [-0.2, -0.15) is 0 Å². The molecule has 0 saturated carbocycles. The molecule has 1 heterocycles. The fourth-order valence-corrected chi connectivity index (χ4v) is 5.07. The van der Waals surface area contributed by atoms with Gasteiger partial charge in [-0.05, 0) is 54.1 Å². The van der Waals surface area contributed by atoms with Gasteiger partial charge in [-0.1, -0.05) is 97.1 Å². The van der Waals surface area contributed by atoms with Gasteiger partial charge in [0, 0.05) is 5.56 Å². The number of hydrogen-bond donors (Lipinski definition) is 0. The van der Waals surface area contributed by atoms with Crippen molar-refractivity contribution in [2.24, 2.45) is 4.99 Å². The largest absolute Gasteiger partial charge is 0.488 e. The number of carbonyl (C=O) groups is 1. The topological polar surface area (TPSA) is 41.9 Å². The summed E-state index contributed by atoms with van der Waals surface area (Å²) < 4.78 is 6.13. The Morgan fingerprint density at radius 1 is 0.833 bits per heavy atom. The number of aliphatic imine (C=N–C) groups is 1. The van der Waals surface area contributed by atoms with Crippen molar-refractivity contribution in [3.63, 3.8) is 0 Å². The van der Waals surface area contributed by atoms with E-state index in [1.165, 1.54) is 11.8 Å². The van der Waals surface area contributed by atoms with Crippen molar-refractivity contribution in [1.29, 1.82) is 0 Å². The number of hydrogen-bond acceptors (Lipinski definition) is 4. The van der Waals surface area contributed by atoms with Crippen LogP contribution >= 0.6 is 11.8 Å². The summed E-state index contributed by atoms with van der Waals surface area (Å²) in [5.74, 6) is 0.669. The lowest BCUT2D eigenvalue weighted by atomic mass is 10.1. The minimum Gasteiger partial charge on any atom is -0.488 e. The Hall–Kier alpha value is -4.09. The lowest BCUT2D eigenvalue weighted by Gasteiger charge is -2.24. The highest BCUT2D eigenvalue weighted by atomic mass is 32.2. The van der Waals surface area contributed by atoms with Gasteiger partial charge in [-0.3, -0.25) is 9.69 Å². The third-order valence-corrected chi connectivity index (χ3v) is 6.91. The number of amides is 1. The van der Waals surface area contributed by atoms with Gasteiger partial charge < -0.3 is 4.74 Å². The number of para-hydroxylation sites is 2. The van der Waals surface area contributed by atoms with Crippen LogP contribution in [-0.4, -0.2) is 16.0 Å². The number of ether oxygens (including phenoxy) is 1. The zero-order chi connectivity index (χ0) is 24.7. The van der Waals surface area contributed by atoms with Crippen LogP contribution in [0.4, 0.5) is 5.69 Å². The van der Waals surface area contributed by atoms with Crippen molar-refractivity contribution < 1.29 is 9.53 Å². The summed E-state index contributed by atoms with van der Waals surface area (Å²) in [5.41, 5.74) is 3.81. The van der Waals surface area contributed by atoms with Crippen molar-refractivity contribution in [3.05, 3.63) is 137 Å². The molecule has 0 spiro atoms. The molecule has 4 aromatic rings. The highest BCUT2D eigenvalue weighted by molar-refractivity contribution is 8.18. The number of rotatable bonds is 7. The Balaban J connectivity index is 1.47. The van der Waals surface area contributed by atoms with Crippen LogP contribution in [0.3, 0.4) is 0 Å². The lowest BCUT2D eigenvalue weighted by Crippen LogP contribution is -2.32. The molecule has 5 heteroatoms. The summed E-state index contributed by atoms with van der Waals surface area (Å²) in [6, 6.07) is 37.5. The standard InChI is InChI=1S/C31H26N2O2S/c1-23(25-15-7-3-8-16-25)33-30(34)29(36-31(33)32-27-18-9-4-10-19-27)21-26-17-11-12-20-28(26)35-22-24-13-5-2-6-14-24/h2-21,23H,22H2,1H3/b29-21+,32-31?/t23-/m0/s1. The number of amidine groups is 1. The Kier molecular flexibility index (Phi) is 7.29. The van der Waals surface area contributed by atoms with E-state index in [0.29, 0.717) is 16.7 Å². The highest BCUT2D eigenvalue weighted by Crippen LogP contribution is 2.40. The first kappa shape index (κ1) is 23.6. The van der Waals surface area contributed by atoms with Crippen LogP contribution in [0.1, 0.15) is 29.7 Å². The monoisotopic (exact) mass is 490 g/mol. The predicted octanol–water partition coefficient (Wildman–Crippen LogP) is 7.63. The van der Waals surface area contributed by atoms with Crippen molar-refractivity contribution >= 4 is 34.6 Å². The first-order valence-electron chi connectivity index (χ1n) is 11.9. The zero-order valence-electron chi connectivity index (χ0n) is 20.0. The van der Waals surface area contributed by atoms with Crippen molar-refractivity contribution in [3.8, 4) is 5.75 Å². The second kappa shape index (κ2) is 11.1. The second-order valence-corrected chi connectivity index (χ2v) is 9.42. The summed E-state index contributed by atoms with van der Waals surface area (Å²) in [5, 5.41) is 0.663. The molecule has 0 aliphatic carbocycles. The molecular weight excluding hydrogens is 464 g/mol. The van der Waals surface area contributed by atoms with E-state index in [9.17, 15) is 4.79 Å². The Morgan fingerprint density at radius 3 is 2.17 bits per heavy atom. The molecule has 1 fully saturated rings. The molecular formula is C31H26N2O2S. The number of thioether (sulfide) groups is 1. The number of benzene rings is 4. The third kappa shape index (κ3) is 5.42. The van der Waals surface area contributed by atoms with E-state index in [1.54, 1.807) is 4.90 Å². The second-order valence-electron chi connectivity index (χ2n) is 8.41. The van der Waals surface area contributed by atoms with E-state index < -0.39 is 0 Å². The summed E-state index contributed by atoms with van der Waals surface area (Å²) in [6.45, 7) is 2.49. The molecule has 1 atom stereocenters. The Morgan fingerprint density at radius 2 is 1.44 bits per heavy atom. The quantitative estimate of drug-likeness (QED) is 0.250. The van der Waals surface area contributed by atoms with Gasteiger partial charge in [0.2, 0.25) is 0 Å². The van der Waals surface area contributed by atoms with Crippen LogP contribution < -0.4 is 4.74 Å². The molecule has 1 aliphatic heterocycles. The van der Waals surface area contributed by atoms with Gasteiger partial charge in [0.15, 0.2) is 5.17 Å². The van der Waals surface area contributed by atoms with Gasteiger partial charge in [0.05, 0.1) is 16.6 Å². The summed E-state index contributed by atoms with van der Waals surface area (Å²) >= 11 is 1.39. The van der Waals surface area contributed by atoms with E-state index in [-0.39, 0.29) is 11.9 Å². The van der Waals surface area contributed by atoms with Crippen molar-refractivity contribution in [2.75, 3.05) is 0 Å². The maximum absolute atomic E-state index is 13.7. The third-order valence-electron chi connectivity index (χ3n) is 5.93. The van der Waals surface area contributed by atoms with Crippen molar-refractivity contribution in [2.45, 2.75) is 19.6 Å². The van der Waals surface area contributed by atoms with E-state index in [4.69, 9.17) is 9.73 Å². The molecule has 36 heavy (non-hydrogen) atoms.